The Hall–Kier alpha value is -1.43. The number of ether oxygens (including phenoxy) is 1. The number of hydrogen-bond donors (Lipinski definition) is 1. The zero-order chi connectivity index (χ0) is 11.5. The fourth-order valence-corrected chi connectivity index (χ4v) is 1.79. The van der Waals surface area contributed by atoms with E-state index < -0.39 is 0 Å². The zero-order valence-electron chi connectivity index (χ0n) is 9.70. The number of nitrogens with one attached hydrogen (secondary N) is 1. The second-order valence-electron chi connectivity index (χ2n) is 3.89. The Kier molecular flexibility index (Phi) is 4.30. The van der Waals surface area contributed by atoms with Gasteiger partial charge in [0, 0.05) is 18.7 Å². The van der Waals surface area contributed by atoms with Crippen LogP contribution in [-0.2, 0) is 4.74 Å². The van der Waals surface area contributed by atoms with E-state index in [0.717, 1.165) is 18.7 Å². The maximum absolute atomic E-state index is 5.55. The highest BCUT2D eigenvalue weighted by Crippen LogP contribution is 2.21. The number of benzene rings is 1. The van der Waals surface area contributed by atoms with Crippen LogP contribution in [0.2, 0.25) is 0 Å². The van der Waals surface area contributed by atoms with Crippen LogP contribution in [0, 0.1) is 0 Å². The molecule has 5 nitrogen and oxygen atoms in total. The van der Waals surface area contributed by atoms with Crippen LogP contribution in [0.4, 0.5) is 0 Å². The first-order chi connectivity index (χ1) is 8.43. The average molecular weight is 268 g/mol. The number of hydrogen-bond acceptors (Lipinski definition) is 5. The van der Waals surface area contributed by atoms with Gasteiger partial charge in [0.1, 0.15) is 6.10 Å². The molecule has 0 amide bonds. The number of aromatic nitrogens is 2. The van der Waals surface area contributed by atoms with Gasteiger partial charge >= 0.3 is 0 Å². The Morgan fingerprint density at radius 2 is 2.06 bits per heavy atom. The summed E-state index contributed by atoms with van der Waals surface area (Å²) in [4.78, 5) is 4.36. The Balaban J connectivity index is 0.00000120. The van der Waals surface area contributed by atoms with E-state index in [1.807, 2.05) is 30.3 Å². The predicted molar refractivity (Wildman–Crippen MR) is 68.5 cm³/mol. The molecule has 1 aromatic carbocycles. The smallest absolute Gasteiger partial charge is 0.257 e. The number of morpholine rings is 1. The van der Waals surface area contributed by atoms with Gasteiger partial charge in [-0.3, -0.25) is 0 Å². The summed E-state index contributed by atoms with van der Waals surface area (Å²) >= 11 is 0. The van der Waals surface area contributed by atoms with Crippen molar-refractivity contribution in [1.82, 2.24) is 15.5 Å². The molecular formula is C12H14ClN3O2. The number of nitrogens with zero attached hydrogens (tertiary/aromatic N) is 2. The first kappa shape index (κ1) is 13.0. The monoisotopic (exact) mass is 267 g/mol. The zero-order valence-corrected chi connectivity index (χ0v) is 10.5. The lowest BCUT2D eigenvalue weighted by Crippen LogP contribution is -2.33. The third-order valence-corrected chi connectivity index (χ3v) is 2.68. The summed E-state index contributed by atoms with van der Waals surface area (Å²) in [5.74, 6) is 1.14. The molecule has 1 fully saturated rings. The maximum atomic E-state index is 5.55. The van der Waals surface area contributed by atoms with E-state index in [9.17, 15) is 0 Å². The van der Waals surface area contributed by atoms with Crippen LogP contribution >= 0.6 is 12.4 Å². The van der Waals surface area contributed by atoms with Crippen LogP contribution in [0.5, 0.6) is 0 Å². The second-order valence-corrected chi connectivity index (χ2v) is 3.89. The number of halogens is 1. The van der Waals surface area contributed by atoms with Crippen molar-refractivity contribution in [3.63, 3.8) is 0 Å². The summed E-state index contributed by atoms with van der Waals surface area (Å²) in [6.07, 6.45) is -0.131. The van der Waals surface area contributed by atoms with Crippen LogP contribution in [-0.4, -0.2) is 29.8 Å². The van der Waals surface area contributed by atoms with E-state index in [4.69, 9.17) is 9.26 Å². The molecule has 1 saturated heterocycles. The van der Waals surface area contributed by atoms with Gasteiger partial charge in [0.25, 0.3) is 5.89 Å². The molecule has 96 valence electrons. The first-order valence-electron chi connectivity index (χ1n) is 5.65. The largest absolute Gasteiger partial charge is 0.366 e. The van der Waals surface area contributed by atoms with Crippen LogP contribution < -0.4 is 5.32 Å². The van der Waals surface area contributed by atoms with E-state index in [0.29, 0.717) is 18.3 Å². The number of rotatable bonds is 2. The van der Waals surface area contributed by atoms with Gasteiger partial charge in [-0.25, -0.2) is 0 Å². The van der Waals surface area contributed by atoms with Crippen molar-refractivity contribution in [2.24, 2.45) is 0 Å². The maximum Gasteiger partial charge on any atom is 0.257 e. The third kappa shape index (κ3) is 2.69. The van der Waals surface area contributed by atoms with Crippen LogP contribution in [0.25, 0.3) is 11.4 Å². The van der Waals surface area contributed by atoms with E-state index in [1.54, 1.807) is 0 Å². The predicted octanol–water partition coefficient (Wildman–Crippen LogP) is 1.82. The van der Waals surface area contributed by atoms with Crippen molar-refractivity contribution in [3.05, 3.63) is 36.2 Å². The van der Waals surface area contributed by atoms with Crippen LogP contribution in [0.3, 0.4) is 0 Å². The molecule has 0 saturated carbocycles. The van der Waals surface area contributed by atoms with Crippen LogP contribution in [0.15, 0.2) is 34.9 Å². The highest BCUT2D eigenvalue weighted by Gasteiger charge is 2.22. The molecular weight excluding hydrogens is 254 g/mol. The standard InChI is InChI=1S/C12H13N3O2.ClH/c1-2-4-9(5-3-1)11-14-12(17-15-11)10-8-13-6-7-16-10;/h1-5,10,13H,6-8H2;1H/t10-;/m1./s1. The summed E-state index contributed by atoms with van der Waals surface area (Å²) in [6, 6.07) is 9.76. The minimum absolute atomic E-state index is 0. The van der Waals surface area contributed by atoms with Crippen molar-refractivity contribution >= 4 is 12.4 Å². The van der Waals surface area contributed by atoms with Gasteiger partial charge in [-0.15, -0.1) is 12.4 Å². The summed E-state index contributed by atoms with van der Waals surface area (Å²) < 4.78 is 10.8. The molecule has 1 atom stereocenters. The molecule has 0 spiro atoms. The first-order valence-corrected chi connectivity index (χ1v) is 5.65. The average Bonchev–Trinajstić information content (AvgIpc) is 2.90. The van der Waals surface area contributed by atoms with Gasteiger partial charge in [-0.2, -0.15) is 4.98 Å². The molecule has 0 radical (unpaired) electrons. The highest BCUT2D eigenvalue weighted by molar-refractivity contribution is 5.85. The topological polar surface area (TPSA) is 60.2 Å². The molecule has 1 aliphatic heterocycles. The van der Waals surface area contributed by atoms with Crippen molar-refractivity contribution in [2.75, 3.05) is 19.7 Å². The van der Waals surface area contributed by atoms with E-state index in [-0.39, 0.29) is 18.5 Å². The summed E-state index contributed by atoms with van der Waals surface area (Å²) in [7, 11) is 0. The van der Waals surface area contributed by atoms with Gasteiger partial charge in [0.2, 0.25) is 5.82 Å². The highest BCUT2D eigenvalue weighted by atomic mass is 35.5. The molecule has 1 aromatic heterocycles. The van der Waals surface area contributed by atoms with E-state index in [2.05, 4.69) is 15.5 Å². The normalized spacial score (nSPS) is 19.2. The molecule has 1 aliphatic rings. The lowest BCUT2D eigenvalue weighted by Gasteiger charge is -2.19. The Morgan fingerprint density at radius 1 is 1.22 bits per heavy atom. The molecule has 0 unspecified atom stereocenters. The fourth-order valence-electron chi connectivity index (χ4n) is 1.79. The van der Waals surface area contributed by atoms with Gasteiger partial charge in [0.05, 0.1) is 6.61 Å². The summed E-state index contributed by atoms with van der Waals surface area (Å²) in [5, 5.41) is 7.20. The molecule has 2 aromatic rings. The van der Waals surface area contributed by atoms with Gasteiger partial charge in [-0.05, 0) is 0 Å². The van der Waals surface area contributed by atoms with E-state index in [1.165, 1.54) is 0 Å². The van der Waals surface area contributed by atoms with Gasteiger partial charge in [0.15, 0.2) is 0 Å². The molecule has 2 heterocycles. The Bertz CT molecular complexity index is 483. The summed E-state index contributed by atoms with van der Waals surface area (Å²) in [6.45, 7) is 2.26. The summed E-state index contributed by atoms with van der Waals surface area (Å²) in [5.41, 5.74) is 0.950. The van der Waals surface area contributed by atoms with Crippen molar-refractivity contribution in [2.45, 2.75) is 6.10 Å². The fraction of sp³-hybridized carbons (Fsp3) is 0.333. The minimum Gasteiger partial charge on any atom is -0.366 e. The lowest BCUT2D eigenvalue weighted by atomic mass is 10.2. The Labute approximate surface area is 111 Å². The van der Waals surface area contributed by atoms with Crippen molar-refractivity contribution < 1.29 is 9.26 Å². The molecule has 3 rings (SSSR count). The van der Waals surface area contributed by atoms with Gasteiger partial charge in [-0.1, -0.05) is 35.5 Å². The quantitative estimate of drug-likeness (QED) is 0.899. The molecule has 0 bridgehead atoms. The molecule has 6 heteroatoms. The third-order valence-electron chi connectivity index (χ3n) is 2.68. The molecule has 1 N–H and O–H groups in total. The van der Waals surface area contributed by atoms with Crippen molar-refractivity contribution in [1.29, 1.82) is 0 Å². The van der Waals surface area contributed by atoms with E-state index >= 15 is 0 Å². The second kappa shape index (κ2) is 5.95. The lowest BCUT2D eigenvalue weighted by molar-refractivity contribution is 0.00755. The SMILES string of the molecule is Cl.c1ccc(-c2noc([C@H]3CNCCO3)n2)cc1. The minimum atomic E-state index is -0.131. The van der Waals surface area contributed by atoms with Crippen molar-refractivity contribution in [3.8, 4) is 11.4 Å². The van der Waals surface area contributed by atoms with Gasteiger partial charge < -0.3 is 14.6 Å². The molecule has 18 heavy (non-hydrogen) atoms. The van der Waals surface area contributed by atoms with Crippen LogP contribution in [0.1, 0.15) is 12.0 Å². The molecule has 0 aliphatic carbocycles. The Morgan fingerprint density at radius 3 is 2.78 bits per heavy atom.